The highest BCUT2D eigenvalue weighted by molar-refractivity contribution is 5.76. The Labute approximate surface area is 100 Å². The van der Waals surface area contributed by atoms with Gasteiger partial charge in [-0.2, -0.15) is 0 Å². The van der Waals surface area contributed by atoms with E-state index in [1.54, 1.807) is 31.2 Å². The van der Waals surface area contributed by atoms with E-state index in [0.29, 0.717) is 24.0 Å². The summed E-state index contributed by atoms with van der Waals surface area (Å²) < 4.78 is 14.7. The first kappa shape index (κ1) is 12.1. The minimum Gasteiger partial charge on any atom is -0.481 e. The van der Waals surface area contributed by atoms with E-state index >= 15 is 0 Å². The molecule has 0 aromatic heterocycles. The van der Waals surface area contributed by atoms with E-state index in [1.807, 2.05) is 0 Å². The van der Waals surface area contributed by atoms with E-state index in [9.17, 15) is 9.18 Å². The molecule has 1 aliphatic rings. The summed E-state index contributed by atoms with van der Waals surface area (Å²) >= 11 is 0. The van der Waals surface area contributed by atoms with Gasteiger partial charge >= 0.3 is 5.97 Å². The third-order valence-corrected chi connectivity index (χ3v) is 3.68. The van der Waals surface area contributed by atoms with Crippen molar-refractivity contribution in [3.63, 3.8) is 0 Å². The number of carboxylic acid groups (broad SMARTS) is 1. The Balaban J connectivity index is 2.43. The molecule has 0 radical (unpaired) electrons. The Bertz CT molecular complexity index is 422. The molecule has 1 aromatic carbocycles. The highest BCUT2D eigenvalue weighted by Gasteiger charge is 2.38. The van der Waals surface area contributed by atoms with Gasteiger partial charge in [0, 0.05) is 0 Å². The monoisotopic (exact) mass is 236 g/mol. The number of halogens is 1. The van der Waals surface area contributed by atoms with Crippen LogP contribution in [0.4, 0.5) is 4.39 Å². The largest absolute Gasteiger partial charge is 0.481 e. The zero-order valence-corrected chi connectivity index (χ0v) is 9.95. The smallest absolute Gasteiger partial charge is 0.310 e. The van der Waals surface area contributed by atoms with Crippen molar-refractivity contribution in [1.29, 1.82) is 0 Å². The molecule has 2 rings (SSSR count). The van der Waals surface area contributed by atoms with Crippen LogP contribution in [-0.4, -0.2) is 11.1 Å². The van der Waals surface area contributed by atoms with Crippen LogP contribution in [0.1, 0.15) is 49.7 Å². The molecule has 1 fully saturated rings. The highest BCUT2D eigenvalue weighted by Crippen LogP contribution is 2.44. The standard InChI is InChI=1S/C14H17FO2/c1-10(13(16)17)11-6-2-3-7-12(11)14(15)8-4-5-9-14/h2-3,6-7,10H,4-5,8-9H2,1H3,(H,16,17). The lowest BCUT2D eigenvalue weighted by Crippen LogP contribution is -2.20. The summed E-state index contributed by atoms with van der Waals surface area (Å²) in [6, 6.07) is 7.03. The molecule has 17 heavy (non-hydrogen) atoms. The molecule has 1 N–H and O–H groups in total. The normalized spacial score (nSPS) is 20.1. The average molecular weight is 236 g/mol. The lowest BCUT2D eigenvalue weighted by atomic mass is 9.85. The van der Waals surface area contributed by atoms with E-state index in [-0.39, 0.29) is 0 Å². The maximum Gasteiger partial charge on any atom is 0.310 e. The van der Waals surface area contributed by atoms with Gasteiger partial charge in [-0.15, -0.1) is 0 Å². The third kappa shape index (κ3) is 2.19. The Hall–Kier alpha value is -1.38. The first-order chi connectivity index (χ1) is 8.04. The number of rotatable bonds is 3. The quantitative estimate of drug-likeness (QED) is 0.870. The van der Waals surface area contributed by atoms with Gasteiger partial charge in [0.2, 0.25) is 0 Å². The van der Waals surface area contributed by atoms with Crippen molar-refractivity contribution in [2.45, 2.75) is 44.2 Å². The predicted molar refractivity (Wildman–Crippen MR) is 63.7 cm³/mol. The fraction of sp³-hybridized carbons (Fsp3) is 0.500. The summed E-state index contributed by atoms with van der Waals surface area (Å²) in [6.07, 6.45) is 2.78. The molecule has 0 heterocycles. The number of hydrogen-bond acceptors (Lipinski definition) is 1. The Morgan fingerprint density at radius 3 is 2.53 bits per heavy atom. The SMILES string of the molecule is CC(C(=O)O)c1ccccc1C1(F)CCCC1. The zero-order chi connectivity index (χ0) is 12.5. The molecule has 1 unspecified atom stereocenters. The molecular formula is C14H17FO2. The van der Waals surface area contributed by atoms with Gasteiger partial charge in [-0.3, -0.25) is 4.79 Å². The molecule has 92 valence electrons. The van der Waals surface area contributed by atoms with Gasteiger partial charge in [0.15, 0.2) is 0 Å². The second-order valence-electron chi connectivity index (χ2n) is 4.82. The van der Waals surface area contributed by atoms with Crippen LogP contribution in [0.2, 0.25) is 0 Å². The zero-order valence-electron chi connectivity index (χ0n) is 9.95. The van der Waals surface area contributed by atoms with Crippen LogP contribution >= 0.6 is 0 Å². The molecule has 1 saturated carbocycles. The first-order valence-electron chi connectivity index (χ1n) is 6.06. The van der Waals surface area contributed by atoms with E-state index in [4.69, 9.17) is 5.11 Å². The van der Waals surface area contributed by atoms with Crippen molar-refractivity contribution in [2.24, 2.45) is 0 Å². The van der Waals surface area contributed by atoms with Gasteiger partial charge in [-0.25, -0.2) is 4.39 Å². The van der Waals surface area contributed by atoms with Crippen LogP contribution in [-0.2, 0) is 10.5 Å². The van der Waals surface area contributed by atoms with Gasteiger partial charge in [0.25, 0.3) is 0 Å². The van der Waals surface area contributed by atoms with E-state index < -0.39 is 17.6 Å². The van der Waals surface area contributed by atoms with Crippen molar-refractivity contribution in [3.8, 4) is 0 Å². The lowest BCUT2D eigenvalue weighted by Gasteiger charge is -2.24. The number of carbonyl (C=O) groups is 1. The van der Waals surface area contributed by atoms with Gasteiger partial charge < -0.3 is 5.11 Å². The summed E-state index contributed by atoms with van der Waals surface area (Å²) in [5.74, 6) is -1.56. The number of hydrogen-bond donors (Lipinski definition) is 1. The Morgan fingerprint density at radius 2 is 1.94 bits per heavy atom. The number of alkyl halides is 1. The number of carboxylic acids is 1. The maximum atomic E-state index is 14.7. The molecular weight excluding hydrogens is 219 g/mol. The van der Waals surface area contributed by atoms with Crippen molar-refractivity contribution in [2.75, 3.05) is 0 Å². The second kappa shape index (κ2) is 4.47. The van der Waals surface area contributed by atoms with Crippen LogP contribution in [0.25, 0.3) is 0 Å². The predicted octanol–water partition coefficient (Wildman–Crippen LogP) is 3.61. The molecule has 0 spiro atoms. The van der Waals surface area contributed by atoms with Crippen LogP contribution in [0.15, 0.2) is 24.3 Å². The summed E-state index contributed by atoms with van der Waals surface area (Å²) in [5, 5.41) is 9.06. The van der Waals surface area contributed by atoms with Crippen LogP contribution in [0.3, 0.4) is 0 Å². The highest BCUT2D eigenvalue weighted by atomic mass is 19.1. The number of aliphatic carboxylic acids is 1. The van der Waals surface area contributed by atoms with Gasteiger partial charge in [0.1, 0.15) is 5.67 Å². The molecule has 0 aliphatic heterocycles. The van der Waals surface area contributed by atoms with Crippen molar-refractivity contribution < 1.29 is 14.3 Å². The van der Waals surface area contributed by atoms with Gasteiger partial charge in [0.05, 0.1) is 5.92 Å². The molecule has 0 amide bonds. The lowest BCUT2D eigenvalue weighted by molar-refractivity contribution is -0.138. The first-order valence-corrected chi connectivity index (χ1v) is 6.06. The molecule has 0 bridgehead atoms. The summed E-state index contributed by atoms with van der Waals surface area (Å²) in [7, 11) is 0. The van der Waals surface area contributed by atoms with Gasteiger partial charge in [-0.1, -0.05) is 24.3 Å². The summed E-state index contributed by atoms with van der Waals surface area (Å²) in [5.41, 5.74) is -0.128. The average Bonchev–Trinajstić information content (AvgIpc) is 2.76. The van der Waals surface area contributed by atoms with Gasteiger partial charge in [-0.05, 0) is 43.7 Å². The molecule has 1 aromatic rings. The van der Waals surface area contributed by atoms with Crippen LogP contribution in [0, 0.1) is 0 Å². The minimum absolute atomic E-state index is 0.510. The van der Waals surface area contributed by atoms with E-state index in [2.05, 4.69) is 0 Å². The molecule has 3 heteroatoms. The summed E-state index contributed by atoms with van der Waals surface area (Å²) in [6.45, 7) is 1.61. The summed E-state index contributed by atoms with van der Waals surface area (Å²) in [4.78, 5) is 11.0. The second-order valence-corrected chi connectivity index (χ2v) is 4.82. The topological polar surface area (TPSA) is 37.3 Å². The minimum atomic E-state index is -1.32. The van der Waals surface area contributed by atoms with Crippen LogP contribution < -0.4 is 0 Å². The third-order valence-electron chi connectivity index (χ3n) is 3.68. The van der Waals surface area contributed by atoms with Crippen molar-refractivity contribution >= 4 is 5.97 Å². The Morgan fingerprint density at radius 1 is 1.35 bits per heavy atom. The fourth-order valence-corrected chi connectivity index (χ4v) is 2.62. The van der Waals surface area contributed by atoms with Crippen molar-refractivity contribution in [3.05, 3.63) is 35.4 Å². The Kier molecular flexibility index (Phi) is 3.18. The van der Waals surface area contributed by atoms with Crippen molar-refractivity contribution in [1.82, 2.24) is 0 Å². The van der Waals surface area contributed by atoms with E-state index in [0.717, 1.165) is 12.8 Å². The molecule has 2 nitrogen and oxygen atoms in total. The molecule has 0 saturated heterocycles. The molecule has 1 atom stereocenters. The fourth-order valence-electron chi connectivity index (χ4n) is 2.62. The maximum absolute atomic E-state index is 14.7. The van der Waals surface area contributed by atoms with E-state index in [1.165, 1.54) is 0 Å². The van der Waals surface area contributed by atoms with Crippen LogP contribution in [0.5, 0.6) is 0 Å². The number of benzene rings is 1. The molecule has 1 aliphatic carbocycles.